The van der Waals surface area contributed by atoms with E-state index in [0.29, 0.717) is 0 Å². The lowest BCUT2D eigenvalue weighted by Gasteiger charge is -1.96. The molecule has 0 amide bonds. The van der Waals surface area contributed by atoms with Gasteiger partial charge in [0.05, 0.1) is 0 Å². The van der Waals surface area contributed by atoms with E-state index in [9.17, 15) is 4.79 Å². The zero-order valence-corrected chi connectivity index (χ0v) is 13.2. The lowest BCUT2D eigenvalue weighted by molar-refractivity contribution is 0.101. The normalized spacial score (nSPS) is 9.24. The zero-order chi connectivity index (χ0) is 15.3. The molecule has 0 heterocycles. The Kier molecular flexibility index (Phi) is 8.74. The Morgan fingerprint density at radius 1 is 0.952 bits per heavy atom. The third-order valence-corrected chi connectivity index (χ3v) is 3.30. The molecule has 0 saturated heterocycles. The first-order valence-corrected chi connectivity index (χ1v) is 7.84. The zero-order valence-electron chi connectivity index (χ0n) is 13.2. The van der Waals surface area contributed by atoms with Gasteiger partial charge in [-0.3, -0.25) is 4.79 Å². The first kappa shape index (κ1) is 17.1. The Morgan fingerprint density at radius 3 is 2.29 bits per heavy atom. The topological polar surface area (TPSA) is 17.1 Å². The summed E-state index contributed by atoms with van der Waals surface area (Å²) in [6.45, 7) is 3.80. The van der Waals surface area contributed by atoms with Crippen LogP contribution in [0.2, 0.25) is 0 Å². The molecule has 0 atom stereocenters. The number of unbranched alkanes of at least 4 members (excludes halogenated alkanes) is 6. The van der Waals surface area contributed by atoms with Crippen LogP contribution in [0.5, 0.6) is 0 Å². The van der Waals surface area contributed by atoms with E-state index in [1.54, 1.807) is 19.1 Å². The largest absolute Gasteiger partial charge is 0.295 e. The second-order valence-corrected chi connectivity index (χ2v) is 5.20. The van der Waals surface area contributed by atoms with Crippen LogP contribution >= 0.6 is 0 Å². The second-order valence-electron chi connectivity index (χ2n) is 5.20. The van der Waals surface area contributed by atoms with Gasteiger partial charge in [0.25, 0.3) is 0 Å². The molecule has 0 N–H and O–H groups in total. The summed E-state index contributed by atoms with van der Waals surface area (Å²) in [7, 11) is 0. The predicted octanol–water partition coefficient (Wildman–Crippen LogP) is 4.99. The minimum Gasteiger partial charge on any atom is -0.295 e. The third kappa shape index (κ3) is 8.01. The van der Waals surface area contributed by atoms with Gasteiger partial charge < -0.3 is 0 Å². The van der Waals surface area contributed by atoms with Gasteiger partial charge >= 0.3 is 0 Å². The summed E-state index contributed by atoms with van der Waals surface area (Å²) in [5, 5.41) is 0. The van der Waals surface area contributed by atoms with E-state index in [1.165, 1.54) is 38.5 Å². The summed E-state index contributed by atoms with van der Waals surface area (Å²) in [6.07, 6.45) is 8.69. The van der Waals surface area contributed by atoms with Crippen LogP contribution in [0.15, 0.2) is 24.3 Å². The first-order chi connectivity index (χ1) is 10.2. The molecule has 0 saturated carbocycles. The van der Waals surface area contributed by atoms with Gasteiger partial charge in [0.2, 0.25) is 0 Å². The molecule has 1 heteroatoms. The van der Waals surface area contributed by atoms with E-state index in [2.05, 4.69) is 30.6 Å². The van der Waals surface area contributed by atoms with Crippen molar-refractivity contribution in [1.82, 2.24) is 0 Å². The number of rotatable bonds is 7. The Balaban J connectivity index is 2.26. The fourth-order valence-corrected chi connectivity index (χ4v) is 1.99. The van der Waals surface area contributed by atoms with Gasteiger partial charge in [0.15, 0.2) is 5.78 Å². The van der Waals surface area contributed by atoms with Gasteiger partial charge in [0, 0.05) is 17.5 Å². The second kappa shape index (κ2) is 10.8. The number of hydrogen-bond donors (Lipinski definition) is 0. The SMILES string of the molecule is CCCCCCCCC#CC#Cc1ccc(C(C)=O)cc1. The maximum Gasteiger partial charge on any atom is 0.159 e. The Hall–Kier alpha value is -1.99. The summed E-state index contributed by atoms with van der Waals surface area (Å²) in [6, 6.07) is 7.32. The van der Waals surface area contributed by atoms with Crippen LogP contribution in [0.1, 0.15) is 74.7 Å². The van der Waals surface area contributed by atoms with Crippen LogP contribution in [0.3, 0.4) is 0 Å². The standard InChI is InChI=1S/C20H24O/c1-3-4-5-6-7-8-9-10-11-12-13-19-14-16-20(17-15-19)18(2)21/h14-17H,3-9H2,1-2H3. The Labute approximate surface area is 129 Å². The van der Waals surface area contributed by atoms with E-state index in [0.717, 1.165) is 17.5 Å². The minimum atomic E-state index is 0.0771. The van der Waals surface area contributed by atoms with Crippen LogP contribution in [-0.4, -0.2) is 5.78 Å². The average molecular weight is 280 g/mol. The van der Waals surface area contributed by atoms with Crippen molar-refractivity contribution >= 4 is 5.78 Å². The summed E-state index contributed by atoms with van der Waals surface area (Å²) >= 11 is 0. The van der Waals surface area contributed by atoms with E-state index < -0.39 is 0 Å². The molecule has 1 aromatic rings. The van der Waals surface area contributed by atoms with Crippen molar-refractivity contribution in [3.63, 3.8) is 0 Å². The Morgan fingerprint density at radius 2 is 1.62 bits per heavy atom. The monoisotopic (exact) mass is 280 g/mol. The molecular formula is C20H24O. The van der Waals surface area contributed by atoms with Gasteiger partial charge in [-0.1, -0.05) is 63.0 Å². The lowest BCUT2D eigenvalue weighted by Crippen LogP contribution is -1.90. The molecule has 0 aliphatic carbocycles. The molecule has 0 bridgehead atoms. The molecule has 0 spiro atoms. The quantitative estimate of drug-likeness (QED) is 0.390. The maximum atomic E-state index is 11.1. The van der Waals surface area contributed by atoms with Gasteiger partial charge in [-0.15, -0.1) is 0 Å². The number of carbonyl (C=O) groups is 1. The molecule has 0 fully saturated rings. The van der Waals surface area contributed by atoms with Crippen molar-refractivity contribution in [2.24, 2.45) is 0 Å². The fraction of sp³-hybridized carbons (Fsp3) is 0.450. The fourth-order valence-electron chi connectivity index (χ4n) is 1.99. The number of benzene rings is 1. The molecule has 110 valence electrons. The van der Waals surface area contributed by atoms with Crippen molar-refractivity contribution in [3.05, 3.63) is 35.4 Å². The van der Waals surface area contributed by atoms with Gasteiger partial charge in [-0.05, 0) is 37.3 Å². The molecule has 0 aliphatic rings. The molecule has 1 rings (SSSR count). The van der Waals surface area contributed by atoms with Crippen LogP contribution in [0.25, 0.3) is 0 Å². The van der Waals surface area contributed by atoms with E-state index >= 15 is 0 Å². The number of ketones is 1. The maximum absolute atomic E-state index is 11.1. The molecule has 0 aliphatic heterocycles. The van der Waals surface area contributed by atoms with Gasteiger partial charge in [-0.25, -0.2) is 0 Å². The van der Waals surface area contributed by atoms with Crippen LogP contribution < -0.4 is 0 Å². The lowest BCUT2D eigenvalue weighted by atomic mass is 10.1. The number of carbonyl (C=O) groups excluding carboxylic acids is 1. The number of hydrogen-bond acceptors (Lipinski definition) is 1. The summed E-state index contributed by atoms with van der Waals surface area (Å²) in [4.78, 5) is 11.1. The first-order valence-electron chi connectivity index (χ1n) is 7.84. The predicted molar refractivity (Wildman–Crippen MR) is 89.1 cm³/mol. The van der Waals surface area contributed by atoms with Crippen LogP contribution in [0, 0.1) is 23.7 Å². The molecule has 0 aromatic heterocycles. The molecular weight excluding hydrogens is 256 g/mol. The molecule has 0 unspecified atom stereocenters. The van der Waals surface area contributed by atoms with Crippen molar-refractivity contribution in [2.45, 2.75) is 58.8 Å². The third-order valence-electron chi connectivity index (χ3n) is 3.30. The van der Waals surface area contributed by atoms with Crippen molar-refractivity contribution < 1.29 is 4.79 Å². The van der Waals surface area contributed by atoms with Gasteiger partial charge in [-0.2, -0.15) is 0 Å². The minimum absolute atomic E-state index is 0.0771. The van der Waals surface area contributed by atoms with E-state index in [-0.39, 0.29) is 5.78 Å². The van der Waals surface area contributed by atoms with Crippen LogP contribution in [-0.2, 0) is 0 Å². The van der Waals surface area contributed by atoms with Crippen molar-refractivity contribution in [3.8, 4) is 23.7 Å². The Bertz CT molecular complexity index is 543. The van der Waals surface area contributed by atoms with Crippen LogP contribution in [0.4, 0.5) is 0 Å². The molecule has 21 heavy (non-hydrogen) atoms. The van der Waals surface area contributed by atoms with Crippen molar-refractivity contribution in [2.75, 3.05) is 0 Å². The summed E-state index contributed by atoms with van der Waals surface area (Å²) < 4.78 is 0. The molecule has 1 nitrogen and oxygen atoms in total. The average Bonchev–Trinajstić information content (AvgIpc) is 2.49. The van der Waals surface area contributed by atoms with Crippen molar-refractivity contribution in [1.29, 1.82) is 0 Å². The molecule has 0 radical (unpaired) electrons. The highest BCUT2D eigenvalue weighted by Crippen LogP contribution is 2.06. The highest BCUT2D eigenvalue weighted by Gasteiger charge is 1.96. The van der Waals surface area contributed by atoms with E-state index in [4.69, 9.17) is 0 Å². The number of Topliss-reactive ketones (excluding diaryl/α,β-unsaturated/α-hetero) is 1. The van der Waals surface area contributed by atoms with Gasteiger partial charge in [0.1, 0.15) is 0 Å². The summed E-state index contributed by atoms with van der Waals surface area (Å²) in [5.74, 6) is 11.9. The highest BCUT2D eigenvalue weighted by atomic mass is 16.1. The summed E-state index contributed by atoms with van der Waals surface area (Å²) in [5.41, 5.74) is 1.61. The molecule has 1 aromatic carbocycles. The van der Waals surface area contributed by atoms with E-state index in [1.807, 2.05) is 12.1 Å². The smallest absolute Gasteiger partial charge is 0.159 e. The highest BCUT2D eigenvalue weighted by molar-refractivity contribution is 5.94.